The average molecular weight is 314 g/mol. The predicted octanol–water partition coefficient (Wildman–Crippen LogP) is 0.587. The average Bonchev–Trinajstić information content (AvgIpc) is 2.70. The van der Waals surface area contributed by atoms with Crippen molar-refractivity contribution < 1.29 is 24.2 Å². The molecule has 1 aromatic rings. The van der Waals surface area contributed by atoms with Gasteiger partial charge in [0.2, 0.25) is 0 Å². The molecule has 0 aliphatic heterocycles. The summed E-state index contributed by atoms with van der Waals surface area (Å²) in [4.78, 5) is 35.9. The highest BCUT2D eigenvalue weighted by Crippen LogP contribution is 2.32. The molecule has 21 heavy (non-hydrogen) atoms. The first kappa shape index (κ1) is 17.1. The molecule has 0 fully saturated rings. The fourth-order valence-electron chi connectivity index (χ4n) is 1.54. The second kappa shape index (κ2) is 7.19. The lowest BCUT2D eigenvalue weighted by Gasteiger charge is -2.08. The van der Waals surface area contributed by atoms with E-state index in [-0.39, 0.29) is 17.1 Å². The van der Waals surface area contributed by atoms with E-state index in [0.29, 0.717) is 5.56 Å². The van der Waals surface area contributed by atoms with E-state index >= 15 is 0 Å². The van der Waals surface area contributed by atoms with Gasteiger partial charge in [-0.1, -0.05) is 0 Å². The fourth-order valence-corrected chi connectivity index (χ4v) is 2.59. The van der Waals surface area contributed by atoms with E-state index in [4.69, 9.17) is 5.11 Å². The Labute approximate surface area is 126 Å². The topological polar surface area (TPSA) is 105 Å². The van der Waals surface area contributed by atoms with Gasteiger partial charge < -0.3 is 20.5 Å². The van der Waals surface area contributed by atoms with E-state index in [1.54, 1.807) is 13.8 Å². The molecule has 1 atom stereocenters. The standard InChI is InChI=1S/C13H18N2O5S/c1-6(16)5-14-10(17)11(18)15-12-9(13(19)20-4)7(2)8(3)21-12/h6,16H,5H2,1-4H3,(H,14,17)(H,15,18)/t6-/m0/s1. The number of aryl methyl sites for hydroxylation is 1. The summed E-state index contributed by atoms with van der Waals surface area (Å²) < 4.78 is 4.67. The summed E-state index contributed by atoms with van der Waals surface area (Å²) in [5.41, 5.74) is 0.947. The smallest absolute Gasteiger partial charge is 0.341 e. The Morgan fingerprint density at radius 2 is 1.90 bits per heavy atom. The number of hydrogen-bond acceptors (Lipinski definition) is 6. The van der Waals surface area contributed by atoms with Crippen LogP contribution >= 0.6 is 11.3 Å². The van der Waals surface area contributed by atoms with Crippen LogP contribution in [0.5, 0.6) is 0 Å². The summed E-state index contributed by atoms with van der Waals surface area (Å²) in [6.45, 7) is 5.00. The van der Waals surface area contributed by atoms with Crippen LogP contribution in [-0.4, -0.2) is 42.6 Å². The summed E-state index contributed by atoms with van der Waals surface area (Å²) in [6.07, 6.45) is -0.751. The minimum atomic E-state index is -0.901. The molecule has 1 heterocycles. The van der Waals surface area contributed by atoms with Gasteiger partial charge in [-0.15, -0.1) is 11.3 Å². The zero-order chi connectivity index (χ0) is 16.2. The number of aliphatic hydroxyl groups excluding tert-OH is 1. The normalized spacial score (nSPS) is 11.7. The number of esters is 1. The van der Waals surface area contributed by atoms with E-state index in [0.717, 1.165) is 4.88 Å². The number of thiophene rings is 1. The first-order valence-corrected chi connectivity index (χ1v) is 7.05. The van der Waals surface area contributed by atoms with Gasteiger partial charge in [-0.2, -0.15) is 0 Å². The van der Waals surface area contributed by atoms with Crippen molar-refractivity contribution in [3.8, 4) is 0 Å². The summed E-state index contributed by atoms with van der Waals surface area (Å²) in [7, 11) is 1.25. The Balaban J connectivity index is 2.88. The molecule has 1 aromatic heterocycles. The second-order valence-electron chi connectivity index (χ2n) is 4.49. The van der Waals surface area contributed by atoms with E-state index in [1.807, 2.05) is 0 Å². The lowest BCUT2D eigenvalue weighted by Crippen LogP contribution is -2.38. The number of rotatable bonds is 4. The number of carbonyl (C=O) groups excluding carboxylic acids is 3. The number of anilines is 1. The van der Waals surface area contributed by atoms with Crippen LogP contribution in [0.4, 0.5) is 5.00 Å². The lowest BCUT2D eigenvalue weighted by molar-refractivity contribution is -0.136. The predicted molar refractivity (Wildman–Crippen MR) is 78.5 cm³/mol. The van der Waals surface area contributed by atoms with Crippen LogP contribution in [-0.2, 0) is 14.3 Å². The zero-order valence-electron chi connectivity index (χ0n) is 12.3. The molecule has 1 rings (SSSR count). The van der Waals surface area contributed by atoms with Crippen molar-refractivity contribution in [1.82, 2.24) is 5.32 Å². The molecule has 0 saturated heterocycles. The maximum absolute atomic E-state index is 11.8. The minimum absolute atomic E-state index is 0.0292. The molecular weight excluding hydrogens is 296 g/mol. The van der Waals surface area contributed by atoms with Crippen molar-refractivity contribution in [2.45, 2.75) is 26.9 Å². The maximum atomic E-state index is 11.8. The van der Waals surface area contributed by atoms with Crippen molar-refractivity contribution in [2.75, 3.05) is 19.0 Å². The fraction of sp³-hybridized carbons (Fsp3) is 0.462. The van der Waals surface area contributed by atoms with Crippen LogP contribution in [0.3, 0.4) is 0 Å². The molecule has 3 N–H and O–H groups in total. The number of methoxy groups -OCH3 is 1. The van der Waals surface area contributed by atoms with Crippen molar-refractivity contribution in [3.05, 3.63) is 16.0 Å². The molecule has 0 unspecified atom stereocenters. The highest BCUT2D eigenvalue weighted by atomic mass is 32.1. The van der Waals surface area contributed by atoms with Crippen LogP contribution in [0.1, 0.15) is 27.7 Å². The Kier molecular flexibility index (Phi) is 5.86. The van der Waals surface area contributed by atoms with Crippen LogP contribution in [0.25, 0.3) is 0 Å². The molecule has 0 aromatic carbocycles. The third kappa shape index (κ3) is 4.27. The molecule has 0 radical (unpaired) electrons. The maximum Gasteiger partial charge on any atom is 0.341 e. The summed E-state index contributed by atoms with van der Waals surface area (Å²) in [6, 6.07) is 0. The van der Waals surface area contributed by atoms with Gasteiger partial charge in [0.1, 0.15) is 5.00 Å². The van der Waals surface area contributed by atoms with Crippen molar-refractivity contribution >= 4 is 34.1 Å². The number of carbonyl (C=O) groups is 3. The number of aliphatic hydroxyl groups is 1. The number of nitrogens with one attached hydrogen (secondary N) is 2. The molecule has 0 aliphatic rings. The van der Waals surface area contributed by atoms with Gasteiger partial charge in [-0.3, -0.25) is 9.59 Å². The second-order valence-corrected chi connectivity index (χ2v) is 5.72. The third-order valence-corrected chi connectivity index (χ3v) is 3.89. The van der Waals surface area contributed by atoms with Crippen molar-refractivity contribution in [1.29, 1.82) is 0 Å². The third-order valence-electron chi connectivity index (χ3n) is 2.77. The Morgan fingerprint density at radius 3 is 2.43 bits per heavy atom. The van der Waals surface area contributed by atoms with Crippen LogP contribution < -0.4 is 10.6 Å². The van der Waals surface area contributed by atoms with Crippen molar-refractivity contribution in [2.24, 2.45) is 0 Å². The number of amides is 2. The SMILES string of the molecule is COC(=O)c1c(NC(=O)C(=O)NC[C@H](C)O)sc(C)c1C. The van der Waals surface area contributed by atoms with Crippen LogP contribution in [0, 0.1) is 13.8 Å². The van der Waals surface area contributed by atoms with Gasteiger partial charge >= 0.3 is 17.8 Å². The molecule has 0 saturated carbocycles. The molecule has 7 nitrogen and oxygen atoms in total. The summed E-state index contributed by atoms with van der Waals surface area (Å²) in [5.74, 6) is -2.35. The van der Waals surface area contributed by atoms with Crippen LogP contribution in [0.2, 0.25) is 0 Å². The monoisotopic (exact) mass is 314 g/mol. The van der Waals surface area contributed by atoms with E-state index in [9.17, 15) is 14.4 Å². The first-order valence-electron chi connectivity index (χ1n) is 6.23. The quantitative estimate of drug-likeness (QED) is 0.557. The van der Waals surface area contributed by atoms with E-state index in [1.165, 1.54) is 25.4 Å². The van der Waals surface area contributed by atoms with Gasteiger partial charge in [0.25, 0.3) is 0 Å². The molecule has 116 valence electrons. The Bertz CT molecular complexity index is 565. The Hall–Kier alpha value is -1.93. The summed E-state index contributed by atoms with van der Waals surface area (Å²) in [5, 5.41) is 14.0. The lowest BCUT2D eigenvalue weighted by atomic mass is 10.1. The molecule has 0 spiro atoms. The first-order chi connectivity index (χ1) is 9.77. The van der Waals surface area contributed by atoms with Gasteiger partial charge in [0, 0.05) is 11.4 Å². The van der Waals surface area contributed by atoms with Crippen molar-refractivity contribution in [3.63, 3.8) is 0 Å². The highest BCUT2D eigenvalue weighted by Gasteiger charge is 2.23. The number of ether oxygens (including phenoxy) is 1. The molecule has 0 bridgehead atoms. The zero-order valence-corrected chi connectivity index (χ0v) is 13.1. The summed E-state index contributed by atoms with van der Waals surface area (Å²) >= 11 is 1.19. The highest BCUT2D eigenvalue weighted by molar-refractivity contribution is 7.17. The Morgan fingerprint density at radius 1 is 1.29 bits per heavy atom. The largest absolute Gasteiger partial charge is 0.465 e. The number of hydrogen-bond donors (Lipinski definition) is 3. The minimum Gasteiger partial charge on any atom is -0.465 e. The van der Waals surface area contributed by atoms with Gasteiger partial charge in [0.05, 0.1) is 18.8 Å². The van der Waals surface area contributed by atoms with Gasteiger partial charge in [-0.05, 0) is 26.3 Å². The van der Waals surface area contributed by atoms with Crippen LogP contribution in [0.15, 0.2) is 0 Å². The van der Waals surface area contributed by atoms with E-state index in [2.05, 4.69) is 15.4 Å². The molecule has 0 aliphatic carbocycles. The van der Waals surface area contributed by atoms with Gasteiger partial charge in [0.15, 0.2) is 0 Å². The van der Waals surface area contributed by atoms with Gasteiger partial charge in [-0.25, -0.2) is 4.79 Å². The molecule has 8 heteroatoms. The van der Waals surface area contributed by atoms with E-state index < -0.39 is 23.9 Å². The molecular formula is C13H18N2O5S. The molecule has 2 amide bonds.